The molecule has 0 aromatic carbocycles. The average molecular weight is 123 g/mol. The van der Waals surface area contributed by atoms with Crippen molar-refractivity contribution in [1.29, 1.82) is 0 Å². The second kappa shape index (κ2) is 4.97. The summed E-state index contributed by atoms with van der Waals surface area (Å²) in [6.07, 6.45) is 4.05. The zero-order chi connectivity index (χ0) is 7.11. The van der Waals surface area contributed by atoms with Gasteiger partial charge in [-0.25, -0.2) is 0 Å². The molecule has 0 aliphatic heterocycles. The molecule has 2 nitrogen and oxygen atoms in total. The highest BCUT2D eigenvalue weighted by Gasteiger charge is 1.83. The molecule has 0 bridgehead atoms. The van der Waals surface area contributed by atoms with Crippen molar-refractivity contribution < 1.29 is 4.79 Å². The van der Waals surface area contributed by atoms with E-state index in [1.54, 1.807) is 0 Å². The molecule has 9 heavy (non-hydrogen) atoms. The molecule has 0 aromatic rings. The van der Waals surface area contributed by atoms with Gasteiger partial charge in [0, 0.05) is 18.8 Å². The first-order valence-electron chi connectivity index (χ1n) is 2.56. The van der Waals surface area contributed by atoms with Crippen LogP contribution in [0.3, 0.4) is 0 Å². The summed E-state index contributed by atoms with van der Waals surface area (Å²) in [4.78, 5) is 13.5. The smallest absolute Gasteiger partial charge is 0.124 e. The lowest BCUT2D eigenvalue weighted by Gasteiger charge is -1.84. The molecule has 0 aromatic heterocycles. The van der Waals surface area contributed by atoms with Crippen LogP contribution in [0, 0.1) is 0 Å². The Morgan fingerprint density at radius 3 is 2.78 bits per heavy atom. The number of aliphatic imine (C=N–C) groups is 1. The van der Waals surface area contributed by atoms with E-state index in [1.165, 1.54) is 12.4 Å². The third-order valence-electron chi connectivity index (χ3n) is 0.708. The second-order valence-electron chi connectivity index (χ2n) is 1.49. The first-order chi connectivity index (χ1) is 4.31. The van der Waals surface area contributed by atoms with Gasteiger partial charge in [0.15, 0.2) is 0 Å². The number of hydrogen-bond acceptors (Lipinski definition) is 2. The fourth-order valence-corrected chi connectivity index (χ4v) is 0.318. The number of nitrogens with zero attached hydrogens (tertiary/aromatic N) is 1. The molecule has 0 atom stereocenters. The van der Waals surface area contributed by atoms with Crippen molar-refractivity contribution in [3.63, 3.8) is 0 Å². The Balaban J connectivity index is 3.61. The Morgan fingerprint density at radius 2 is 2.33 bits per heavy atom. The monoisotopic (exact) mass is 123 g/mol. The Labute approximate surface area is 54.6 Å². The summed E-state index contributed by atoms with van der Waals surface area (Å²) in [6, 6.07) is 0. The van der Waals surface area contributed by atoms with Crippen LogP contribution >= 0.6 is 0 Å². The Morgan fingerprint density at radius 1 is 1.67 bits per heavy atom. The van der Waals surface area contributed by atoms with E-state index in [2.05, 4.69) is 18.2 Å². The van der Waals surface area contributed by atoms with Crippen molar-refractivity contribution in [2.45, 2.75) is 6.42 Å². The minimum atomic E-state index is 0.345. The number of aldehydes is 1. The van der Waals surface area contributed by atoms with Gasteiger partial charge in [-0.05, 0) is 5.57 Å². The van der Waals surface area contributed by atoms with Gasteiger partial charge < -0.3 is 4.79 Å². The van der Waals surface area contributed by atoms with Gasteiger partial charge in [-0.15, -0.1) is 0 Å². The predicted molar refractivity (Wildman–Crippen MR) is 38.5 cm³/mol. The molecule has 0 saturated heterocycles. The van der Waals surface area contributed by atoms with E-state index in [9.17, 15) is 4.79 Å². The van der Waals surface area contributed by atoms with Crippen molar-refractivity contribution in [2.24, 2.45) is 4.99 Å². The van der Waals surface area contributed by atoms with Gasteiger partial charge in [-0.2, -0.15) is 0 Å². The molecule has 0 amide bonds. The zero-order valence-electron chi connectivity index (χ0n) is 5.21. The van der Waals surface area contributed by atoms with E-state index in [4.69, 9.17) is 0 Å². The average Bonchev–Trinajstić information content (AvgIpc) is 1.85. The molecule has 0 N–H and O–H groups in total. The predicted octanol–water partition coefficient (Wildman–Crippen LogP) is 1.35. The number of rotatable bonds is 4. The van der Waals surface area contributed by atoms with Gasteiger partial charge in [0.05, 0.1) is 0 Å². The number of carbonyl (C=O) groups excluding carboxylic acids is 1. The van der Waals surface area contributed by atoms with E-state index in [0.717, 1.165) is 6.29 Å². The van der Waals surface area contributed by atoms with Crippen LogP contribution in [0.25, 0.3) is 0 Å². The summed E-state index contributed by atoms with van der Waals surface area (Å²) in [6.45, 7) is 6.92. The largest absolute Gasteiger partial charge is 0.303 e. The van der Waals surface area contributed by atoms with E-state index < -0.39 is 0 Å². The maximum absolute atomic E-state index is 9.83. The number of allylic oxidation sites excluding steroid dienone is 1. The van der Waals surface area contributed by atoms with Crippen molar-refractivity contribution in [3.8, 4) is 0 Å². The maximum atomic E-state index is 9.83. The van der Waals surface area contributed by atoms with E-state index in [1.807, 2.05) is 0 Å². The van der Waals surface area contributed by atoms with Crippen LogP contribution in [-0.2, 0) is 4.79 Å². The fourth-order valence-electron chi connectivity index (χ4n) is 0.318. The van der Waals surface area contributed by atoms with Crippen molar-refractivity contribution >= 4 is 12.5 Å². The molecule has 0 heterocycles. The summed E-state index contributed by atoms with van der Waals surface area (Å²) >= 11 is 0. The minimum Gasteiger partial charge on any atom is -0.303 e. The topological polar surface area (TPSA) is 29.4 Å². The Bertz CT molecular complexity index is 147. The highest BCUT2D eigenvalue weighted by atomic mass is 16.1. The van der Waals surface area contributed by atoms with Crippen molar-refractivity contribution in [2.75, 3.05) is 0 Å². The zero-order valence-corrected chi connectivity index (χ0v) is 5.21. The maximum Gasteiger partial charge on any atom is 0.124 e. The van der Waals surface area contributed by atoms with Crippen LogP contribution in [0.1, 0.15) is 6.42 Å². The lowest BCUT2D eigenvalue weighted by atomic mass is 10.2. The van der Waals surface area contributed by atoms with Crippen LogP contribution in [0.2, 0.25) is 0 Å². The molecule has 0 rings (SSSR count). The highest BCUT2D eigenvalue weighted by molar-refractivity contribution is 5.82. The summed E-state index contributed by atoms with van der Waals surface area (Å²) < 4.78 is 0. The molecule has 0 saturated carbocycles. The van der Waals surface area contributed by atoms with E-state index in [0.29, 0.717) is 12.0 Å². The van der Waals surface area contributed by atoms with Gasteiger partial charge in [0.1, 0.15) is 6.29 Å². The van der Waals surface area contributed by atoms with Crippen LogP contribution in [0.5, 0.6) is 0 Å². The quantitative estimate of drug-likeness (QED) is 0.409. The van der Waals surface area contributed by atoms with Crippen LogP contribution in [0.15, 0.2) is 29.9 Å². The normalized spacial score (nSPS) is 9.33. The van der Waals surface area contributed by atoms with Gasteiger partial charge in [-0.3, -0.25) is 4.99 Å². The van der Waals surface area contributed by atoms with Gasteiger partial charge in [0.25, 0.3) is 0 Å². The number of carbonyl (C=O) groups is 1. The Kier molecular flexibility index (Phi) is 4.32. The summed E-state index contributed by atoms with van der Waals surface area (Å²) in [5.74, 6) is 0. The van der Waals surface area contributed by atoms with Gasteiger partial charge >= 0.3 is 0 Å². The highest BCUT2D eigenvalue weighted by Crippen LogP contribution is 1.88. The molecule has 0 aliphatic carbocycles. The molecule has 0 aliphatic rings. The molecule has 0 spiro atoms. The third kappa shape index (κ3) is 4.68. The lowest BCUT2D eigenvalue weighted by molar-refractivity contribution is -0.107. The summed E-state index contributed by atoms with van der Waals surface area (Å²) in [7, 11) is 0. The number of hydrogen-bond donors (Lipinski definition) is 0. The fraction of sp³-hybridized carbons (Fsp3) is 0.143. The first-order valence-corrected chi connectivity index (χ1v) is 2.56. The van der Waals surface area contributed by atoms with E-state index >= 15 is 0 Å². The molecular weight excluding hydrogens is 114 g/mol. The minimum absolute atomic E-state index is 0.345. The van der Waals surface area contributed by atoms with E-state index in [-0.39, 0.29) is 0 Å². The summed E-state index contributed by atoms with van der Waals surface area (Å²) in [5.41, 5.74) is 0.699. The Hall–Kier alpha value is -1.18. The van der Waals surface area contributed by atoms with Gasteiger partial charge in [0.2, 0.25) is 0 Å². The molecule has 0 radical (unpaired) electrons. The standard InChI is InChI=1S/C7H9NO/c1-3-8-6-7(2)4-5-9/h3,5-6H,1-2,4H2. The molecule has 2 heteroatoms. The molecule has 0 fully saturated rings. The first kappa shape index (κ1) is 7.82. The van der Waals surface area contributed by atoms with Gasteiger partial charge in [-0.1, -0.05) is 13.2 Å². The molecule has 48 valence electrons. The van der Waals surface area contributed by atoms with Crippen LogP contribution in [0.4, 0.5) is 0 Å². The SMILES string of the molecule is C=CN=CC(=C)CC=O. The van der Waals surface area contributed by atoms with Crippen molar-refractivity contribution in [1.82, 2.24) is 0 Å². The molecular formula is C7H9NO. The third-order valence-corrected chi connectivity index (χ3v) is 0.708. The van der Waals surface area contributed by atoms with Crippen LogP contribution < -0.4 is 0 Å². The summed E-state index contributed by atoms with van der Waals surface area (Å²) in [5, 5.41) is 0. The lowest BCUT2D eigenvalue weighted by Crippen LogP contribution is -1.81. The second-order valence-corrected chi connectivity index (χ2v) is 1.49. The van der Waals surface area contributed by atoms with Crippen LogP contribution in [-0.4, -0.2) is 12.5 Å². The van der Waals surface area contributed by atoms with Crippen molar-refractivity contribution in [3.05, 3.63) is 24.9 Å². The molecule has 0 unspecified atom stereocenters.